The number of amides is 2. The Morgan fingerprint density at radius 2 is 1.97 bits per heavy atom. The van der Waals surface area contributed by atoms with Gasteiger partial charge in [-0.05, 0) is 49.6 Å². The molecule has 1 atom stereocenters. The van der Waals surface area contributed by atoms with Gasteiger partial charge in [-0.1, -0.05) is 0 Å². The molecule has 2 aromatic rings. The number of aromatic amines is 1. The summed E-state index contributed by atoms with van der Waals surface area (Å²) in [7, 11) is 0. The van der Waals surface area contributed by atoms with Crippen LogP contribution in [0.1, 0.15) is 39.3 Å². The molecule has 8 nitrogen and oxygen atoms in total. The number of aliphatic hydroxyl groups excluding tert-OH is 1. The topological polar surface area (TPSA) is 97.9 Å². The first-order valence-corrected chi connectivity index (χ1v) is 11.7. The summed E-state index contributed by atoms with van der Waals surface area (Å²) < 4.78 is 19.2. The predicted octanol–water partition coefficient (Wildman–Crippen LogP) is 2.46. The van der Waals surface area contributed by atoms with Crippen molar-refractivity contribution in [1.29, 1.82) is 0 Å². The fraction of sp³-hybridized carbons (Fsp3) is 0.440. The van der Waals surface area contributed by atoms with Gasteiger partial charge in [-0.25, -0.2) is 4.39 Å². The van der Waals surface area contributed by atoms with Crippen LogP contribution in [0.15, 0.2) is 18.2 Å². The molecule has 0 unspecified atom stereocenters. The molecule has 10 heteroatoms. The summed E-state index contributed by atoms with van der Waals surface area (Å²) in [6.45, 7) is 6.10. The summed E-state index contributed by atoms with van der Waals surface area (Å²) in [5.41, 5.74) is 4.28. The number of carbonyl (C=O) groups is 2. The van der Waals surface area contributed by atoms with Gasteiger partial charge in [0.15, 0.2) is 0 Å². The van der Waals surface area contributed by atoms with Crippen LogP contribution < -0.4 is 5.32 Å². The second-order valence-electron chi connectivity index (χ2n) is 9.14. The van der Waals surface area contributed by atoms with Gasteiger partial charge in [-0.2, -0.15) is 0 Å². The lowest BCUT2D eigenvalue weighted by Crippen LogP contribution is -2.46. The number of aromatic nitrogens is 1. The Labute approximate surface area is 209 Å². The van der Waals surface area contributed by atoms with Gasteiger partial charge in [0.05, 0.1) is 30.5 Å². The van der Waals surface area contributed by atoms with Crippen LogP contribution in [0.25, 0.3) is 11.6 Å². The van der Waals surface area contributed by atoms with E-state index in [2.05, 4.69) is 15.2 Å². The highest BCUT2D eigenvalue weighted by atomic mass is 35.5. The number of rotatable bonds is 5. The first-order valence-electron chi connectivity index (χ1n) is 11.7. The number of aryl methyl sites for hydroxylation is 1. The van der Waals surface area contributed by atoms with E-state index in [0.29, 0.717) is 60.8 Å². The van der Waals surface area contributed by atoms with Crippen molar-refractivity contribution < 1.29 is 23.8 Å². The molecule has 1 fully saturated rings. The number of β-amino-alcohol motifs (C(OH)–C–C–N with tert-alkyl or cyclic N) is 1. The van der Waals surface area contributed by atoms with E-state index in [1.807, 2.05) is 6.92 Å². The molecule has 3 N–H and O–H groups in total. The van der Waals surface area contributed by atoms with Crippen LogP contribution in [0.3, 0.4) is 0 Å². The third-order valence-electron chi connectivity index (χ3n) is 6.78. The van der Waals surface area contributed by atoms with Crippen LogP contribution in [0.2, 0.25) is 0 Å². The lowest BCUT2D eigenvalue weighted by molar-refractivity contribution is -0.110. The van der Waals surface area contributed by atoms with E-state index in [-0.39, 0.29) is 30.8 Å². The Morgan fingerprint density at radius 1 is 1.20 bits per heavy atom. The summed E-state index contributed by atoms with van der Waals surface area (Å²) in [5, 5.41) is 13.4. The van der Waals surface area contributed by atoms with Gasteiger partial charge >= 0.3 is 0 Å². The number of aliphatic hydroxyl groups is 1. The van der Waals surface area contributed by atoms with Crippen molar-refractivity contribution in [2.75, 3.05) is 51.3 Å². The molecule has 35 heavy (non-hydrogen) atoms. The molecular weight excluding hydrogens is 475 g/mol. The highest BCUT2D eigenvalue weighted by molar-refractivity contribution is 6.34. The Bertz CT molecular complexity index is 1160. The summed E-state index contributed by atoms with van der Waals surface area (Å²) in [6, 6.07) is 4.19. The minimum Gasteiger partial charge on any atom is -0.390 e. The summed E-state index contributed by atoms with van der Waals surface area (Å²) >= 11 is 0. The van der Waals surface area contributed by atoms with Crippen LogP contribution in [0.4, 0.5) is 10.1 Å². The van der Waals surface area contributed by atoms with Crippen LogP contribution in [-0.2, 0) is 16.0 Å². The number of ether oxygens (including phenoxy) is 1. The number of H-pyrrole nitrogens is 1. The van der Waals surface area contributed by atoms with Crippen molar-refractivity contribution in [2.24, 2.45) is 0 Å². The molecule has 0 bridgehead atoms. The fourth-order valence-corrected chi connectivity index (χ4v) is 5.02. The molecule has 1 aromatic heterocycles. The van der Waals surface area contributed by atoms with Crippen molar-refractivity contribution in [3.8, 4) is 0 Å². The number of morpholine rings is 1. The van der Waals surface area contributed by atoms with E-state index < -0.39 is 11.9 Å². The Balaban J connectivity index is 0.00000289. The molecule has 5 rings (SSSR count). The molecule has 3 aliphatic heterocycles. The smallest absolute Gasteiger partial charge is 0.256 e. The van der Waals surface area contributed by atoms with Gasteiger partial charge in [0.25, 0.3) is 11.8 Å². The summed E-state index contributed by atoms with van der Waals surface area (Å²) in [6.07, 6.45) is 2.51. The zero-order valence-corrected chi connectivity index (χ0v) is 20.4. The first-order chi connectivity index (χ1) is 16.4. The number of hydrogen-bond acceptors (Lipinski definition) is 5. The van der Waals surface area contributed by atoms with Crippen molar-refractivity contribution in [3.05, 3.63) is 52.1 Å². The average Bonchev–Trinajstić information content (AvgIpc) is 3.23. The minimum atomic E-state index is -0.641. The normalized spacial score (nSPS) is 20.2. The molecular formula is C25H30ClFN4O4. The Morgan fingerprint density at radius 3 is 2.74 bits per heavy atom. The predicted molar refractivity (Wildman–Crippen MR) is 133 cm³/mol. The molecule has 1 aromatic carbocycles. The van der Waals surface area contributed by atoms with Crippen LogP contribution in [-0.4, -0.2) is 83.7 Å². The van der Waals surface area contributed by atoms with Crippen molar-refractivity contribution in [1.82, 2.24) is 14.8 Å². The number of hydrogen-bond donors (Lipinski definition) is 3. The zero-order valence-electron chi connectivity index (χ0n) is 19.6. The second-order valence-corrected chi connectivity index (χ2v) is 9.14. The van der Waals surface area contributed by atoms with Gasteiger partial charge in [0.2, 0.25) is 0 Å². The third kappa shape index (κ3) is 5.13. The maximum absolute atomic E-state index is 13.8. The molecule has 3 aliphatic rings. The molecule has 0 aliphatic carbocycles. The van der Waals surface area contributed by atoms with Crippen molar-refractivity contribution in [2.45, 2.75) is 25.9 Å². The molecule has 0 spiro atoms. The third-order valence-corrected chi connectivity index (χ3v) is 6.78. The van der Waals surface area contributed by atoms with Gasteiger partial charge in [0, 0.05) is 55.4 Å². The number of nitrogens with one attached hydrogen (secondary N) is 2. The van der Waals surface area contributed by atoms with Crippen molar-refractivity contribution >= 4 is 41.6 Å². The maximum atomic E-state index is 13.8. The lowest BCUT2D eigenvalue weighted by atomic mass is 10.0. The van der Waals surface area contributed by atoms with Gasteiger partial charge in [0.1, 0.15) is 5.82 Å². The standard InChI is InChI=1S/C25H29FN4O4.ClH/c1-15-22(12-19-18-11-16(26)4-5-20(18)28-24(19)32)27-21-3-2-6-30(25(33)23(15)21)14-17(31)13-29-7-9-34-10-8-29;/h4-5,11-12,17,27,31H,2-3,6-10,13-14H2,1H3,(H,28,32);1H/t17-;/m1./s1. The molecule has 1 saturated heterocycles. The van der Waals surface area contributed by atoms with E-state index in [4.69, 9.17) is 4.74 Å². The number of nitrogens with zero attached hydrogens (tertiary/aromatic N) is 2. The second kappa shape index (κ2) is 10.5. The average molecular weight is 505 g/mol. The quantitative estimate of drug-likeness (QED) is 0.543. The van der Waals surface area contributed by atoms with E-state index in [1.54, 1.807) is 17.0 Å². The van der Waals surface area contributed by atoms with E-state index in [9.17, 15) is 19.1 Å². The molecule has 4 heterocycles. The molecule has 188 valence electrons. The number of benzene rings is 1. The van der Waals surface area contributed by atoms with Crippen LogP contribution in [0, 0.1) is 12.7 Å². The van der Waals surface area contributed by atoms with E-state index in [1.165, 1.54) is 12.1 Å². The zero-order chi connectivity index (χ0) is 23.8. The maximum Gasteiger partial charge on any atom is 0.256 e. The largest absolute Gasteiger partial charge is 0.390 e. The molecule has 2 amide bonds. The molecule has 0 radical (unpaired) electrons. The van der Waals surface area contributed by atoms with Crippen molar-refractivity contribution in [3.63, 3.8) is 0 Å². The van der Waals surface area contributed by atoms with Crippen LogP contribution in [0.5, 0.6) is 0 Å². The summed E-state index contributed by atoms with van der Waals surface area (Å²) in [5.74, 6) is -0.833. The van der Waals surface area contributed by atoms with Gasteiger partial charge < -0.3 is 25.0 Å². The summed E-state index contributed by atoms with van der Waals surface area (Å²) in [4.78, 5) is 33.2. The van der Waals surface area contributed by atoms with E-state index >= 15 is 0 Å². The monoisotopic (exact) mass is 504 g/mol. The number of halogens is 2. The Hall–Kier alpha value is -2.72. The SMILES string of the molecule is Cc1c(C=C2C(=O)Nc3ccc(F)cc32)[nH]c2c1C(=O)N(C[C@H](O)CN1CCOCC1)CCC2.Cl. The lowest BCUT2D eigenvalue weighted by Gasteiger charge is -2.31. The number of anilines is 1. The highest BCUT2D eigenvalue weighted by Crippen LogP contribution is 2.35. The minimum absolute atomic E-state index is 0. The molecule has 0 saturated carbocycles. The van der Waals surface area contributed by atoms with Crippen LogP contribution >= 0.6 is 12.4 Å². The van der Waals surface area contributed by atoms with Gasteiger partial charge in [-0.15, -0.1) is 12.4 Å². The van der Waals surface area contributed by atoms with E-state index in [0.717, 1.165) is 30.8 Å². The fourth-order valence-electron chi connectivity index (χ4n) is 5.02. The number of carbonyl (C=O) groups excluding carboxylic acids is 2. The number of fused-ring (bicyclic) bond motifs is 2. The van der Waals surface area contributed by atoms with Gasteiger partial charge in [-0.3, -0.25) is 14.5 Å². The Kier molecular flexibility index (Phi) is 7.61. The first kappa shape index (κ1) is 25.4. The highest BCUT2D eigenvalue weighted by Gasteiger charge is 2.30.